The van der Waals surface area contributed by atoms with E-state index in [2.05, 4.69) is 56.2 Å². The molecule has 4 aromatic rings. The molecule has 0 radical (unpaired) electrons. The van der Waals surface area contributed by atoms with Crippen LogP contribution in [0.4, 0.5) is 0 Å². The van der Waals surface area contributed by atoms with Crippen molar-refractivity contribution in [3.63, 3.8) is 0 Å². The number of nitrogens with zero attached hydrogens (tertiary/aromatic N) is 4. The number of piperazine rings is 2. The average Bonchev–Trinajstić information content (AvgIpc) is 3.52. The van der Waals surface area contributed by atoms with Crippen LogP contribution in [0.3, 0.4) is 0 Å². The van der Waals surface area contributed by atoms with Gasteiger partial charge in [0.05, 0.1) is 24.2 Å². The van der Waals surface area contributed by atoms with Crippen molar-refractivity contribution in [3.8, 4) is 0 Å². The van der Waals surface area contributed by atoms with Crippen LogP contribution < -0.4 is 31.9 Å². The number of carbonyl (C=O) groups excluding carboxylic acids is 6. The van der Waals surface area contributed by atoms with Gasteiger partial charge in [-0.25, -0.2) is 0 Å². The number of benzene rings is 4. The van der Waals surface area contributed by atoms with E-state index in [1.807, 2.05) is 92.4 Å². The van der Waals surface area contributed by atoms with Gasteiger partial charge in [-0.05, 0) is 124 Å². The molecular formula is C62H86N10O6. The number of carbonyl (C=O) groups is 6. The van der Waals surface area contributed by atoms with Gasteiger partial charge in [-0.3, -0.25) is 28.8 Å². The molecule has 0 unspecified atom stereocenters. The van der Waals surface area contributed by atoms with Crippen LogP contribution >= 0.6 is 0 Å². The Kier molecular flexibility index (Phi) is 21.3. The number of rotatable bonds is 22. The lowest BCUT2D eigenvalue weighted by Gasteiger charge is -2.42. The molecule has 4 fully saturated rings. The lowest BCUT2D eigenvalue weighted by atomic mass is 9.83. The van der Waals surface area contributed by atoms with E-state index in [0.29, 0.717) is 89.4 Å². The van der Waals surface area contributed by atoms with Crippen molar-refractivity contribution in [1.29, 1.82) is 0 Å². The Balaban J connectivity index is 1.03. The van der Waals surface area contributed by atoms with Crippen LogP contribution in [0.2, 0.25) is 0 Å². The van der Waals surface area contributed by atoms with Crippen molar-refractivity contribution in [2.45, 2.75) is 127 Å². The van der Waals surface area contributed by atoms with E-state index < -0.39 is 24.2 Å². The first-order chi connectivity index (χ1) is 37.9. The molecule has 6 amide bonds. The Labute approximate surface area is 462 Å². The summed E-state index contributed by atoms with van der Waals surface area (Å²) in [5, 5.41) is 20.9. The molecule has 420 valence electrons. The second-order valence-corrected chi connectivity index (χ2v) is 22.3. The summed E-state index contributed by atoms with van der Waals surface area (Å²) in [5.74, 6) is -0.769. The van der Waals surface area contributed by atoms with Gasteiger partial charge in [-0.1, -0.05) is 111 Å². The van der Waals surface area contributed by atoms with E-state index in [1.165, 1.54) is 0 Å². The Morgan fingerprint density at radius 3 is 1.29 bits per heavy atom. The van der Waals surface area contributed by atoms with Crippen molar-refractivity contribution >= 4 is 46.2 Å². The number of hydrogen-bond acceptors (Lipinski definition) is 10. The Morgan fingerprint density at radius 2 is 0.923 bits per heavy atom. The molecule has 16 nitrogen and oxygen atoms in total. The highest BCUT2D eigenvalue weighted by molar-refractivity contribution is 6.02. The van der Waals surface area contributed by atoms with Gasteiger partial charge >= 0.3 is 0 Å². The summed E-state index contributed by atoms with van der Waals surface area (Å²) in [6.07, 6.45) is 11.1. The van der Waals surface area contributed by atoms with Gasteiger partial charge in [0.2, 0.25) is 23.6 Å². The van der Waals surface area contributed by atoms with E-state index in [4.69, 9.17) is 0 Å². The number of likely N-dealkylation sites (N-methyl/N-ethyl adjacent to an activating group) is 2. The van der Waals surface area contributed by atoms with Crippen molar-refractivity contribution in [2.75, 3.05) is 79.5 Å². The Hall–Kier alpha value is -6.20. The van der Waals surface area contributed by atoms with Crippen LogP contribution in [0.25, 0.3) is 10.8 Å². The van der Waals surface area contributed by atoms with Crippen molar-refractivity contribution < 1.29 is 28.8 Å². The molecule has 2 heterocycles. The molecule has 0 spiro atoms. The largest absolute Gasteiger partial charge is 0.343 e. The number of nitrogens with one attached hydrogen (secondary N) is 6. The first-order valence-corrected chi connectivity index (χ1v) is 29.1. The summed E-state index contributed by atoms with van der Waals surface area (Å²) < 4.78 is 0. The molecule has 4 aromatic carbocycles. The summed E-state index contributed by atoms with van der Waals surface area (Å²) in [4.78, 5) is 93.8. The first-order valence-electron chi connectivity index (χ1n) is 29.1. The fourth-order valence-electron chi connectivity index (χ4n) is 12.1. The molecule has 4 aliphatic rings. The van der Waals surface area contributed by atoms with Gasteiger partial charge in [0.25, 0.3) is 11.8 Å². The zero-order valence-corrected chi connectivity index (χ0v) is 46.7. The molecule has 2 aliphatic carbocycles. The van der Waals surface area contributed by atoms with E-state index in [1.54, 1.807) is 27.9 Å². The minimum Gasteiger partial charge on any atom is -0.343 e. The minimum atomic E-state index is -0.643. The molecule has 6 N–H and O–H groups in total. The van der Waals surface area contributed by atoms with Gasteiger partial charge in [-0.15, -0.1) is 0 Å². The quantitative estimate of drug-likeness (QED) is 0.0615. The van der Waals surface area contributed by atoms with Gasteiger partial charge in [0, 0.05) is 76.6 Å². The van der Waals surface area contributed by atoms with Crippen LogP contribution in [0.15, 0.2) is 97.1 Å². The van der Waals surface area contributed by atoms with Gasteiger partial charge < -0.3 is 51.5 Å². The summed E-state index contributed by atoms with van der Waals surface area (Å²) in [5.41, 5.74) is 3.21. The zero-order valence-electron chi connectivity index (χ0n) is 46.7. The standard InChI is InChI=1S/C62H86N10O6/c1-43(63-3)57(73)67-55(47-21-13-7-14-22-47)61(77)71-35-31-65-39-53(71)41-69(33-29-45-17-9-5-10-18-45)59(75)51-27-25-50-38-52(28-26-49(50)37-51)60(76)70(34-30-46-19-11-6-12-20-46)42-54-40-66-32-36-72(54)62(78)56(48-23-15-8-16-24-48)68-58(74)44(2)64-4/h5-6,9-12,17-20,25-28,37-38,43-44,47-48,53-56,63-66H,7-8,13-16,21-24,29-36,39-42H2,1-4H3,(H,67,73)(H,68,74)/t43-,44-,53-,54+,55-,56-/m0/s1. The summed E-state index contributed by atoms with van der Waals surface area (Å²) in [6.45, 7) is 8.26. The Morgan fingerprint density at radius 1 is 0.538 bits per heavy atom. The highest BCUT2D eigenvalue weighted by atomic mass is 16.2. The van der Waals surface area contributed by atoms with Crippen LogP contribution in [0.1, 0.15) is 110 Å². The van der Waals surface area contributed by atoms with Crippen LogP contribution in [-0.4, -0.2) is 171 Å². The maximum Gasteiger partial charge on any atom is 0.253 e. The number of fused-ring (bicyclic) bond motifs is 1. The van der Waals surface area contributed by atoms with Crippen LogP contribution in [0, 0.1) is 11.8 Å². The average molecular weight is 1070 g/mol. The molecule has 2 aliphatic heterocycles. The lowest BCUT2D eigenvalue weighted by molar-refractivity contribution is -0.142. The third-order valence-corrected chi connectivity index (χ3v) is 17.1. The summed E-state index contributed by atoms with van der Waals surface area (Å²) >= 11 is 0. The number of amides is 6. The second-order valence-electron chi connectivity index (χ2n) is 22.3. The molecule has 0 bridgehead atoms. The van der Waals surface area contributed by atoms with Crippen LogP contribution in [-0.2, 0) is 32.0 Å². The second kappa shape index (κ2) is 28.6. The monoisotopic (exact) mass is 1070 g/mol. The molecular weight excluding hydrogens is 981 g/mol. The maximum atomic E-state index is 15.0. The summed E-state index contributed by atoms with van der Waals surface area (Å²) in [7, 11) is 3.49. The van der Waals surface area contributed by atoms with E-state index in [-0.39, 0.29) is 59.4 Å². The van der Waals surface area contributed by atoms with Gasteiger partial charge in [0.15, 0.2) is 0 Å². The smallest absolute Gasteiger partial charge is 0.253 e. The molecule has 16 heteroatoms. The molecule has 6 atom stereocenters. The maximum absolute atomic E-state index is 15.0. The highest BCUT2D eigenvalue weighted by Gasteiger charge is 2.41. The first kappa shape index (κ1) is 58.0. The predicted octanol–water partition coefficient (Wildman–Crippen LogP) is 5.16. The van der Waals surface area contributed by atoms with Gasteiger partial charge in [-0.2, -0.15) is 0 Å². The molecule has 8 rings (SSSR count). The van der Waals surface area contributed by atoms with E-state index in [0.717, 1.165) is 86.1 Å². The SMILES string of the molecule is CN[C@@H](C)C(=O)N[C@H](C(=O)N1CCNC[C@@H]1CN(CCc1ccccc1)C(=O)c1ccc2cc(C(=O)N(CCc3ccccc3)C[C@@H]3CNCCN3C(=O)[C@@H](NC(=O)[C@H](C)NC)C3CCCCC3)ccc2c1)C1CCCCC1. The minimum absolute atomic E-state index is 0.0459. The van der Waals surface area contributed by atoms with Crippen molar-refractivity contribution in [2.24, 2.45) is 11.8 Å². The molecule has 2 saturated heterocycles. The topological polar surface area (TPSA) is 188 Å². The normalized spacial score (nSPS) is 20.0. The van der Waals surface area contributed by atoms with Crippen molar-refractivity contribution in [1.82, 2.24) is 51.5 Å². The molecule has 2 saturated carbocycles. The fraction of sp³-hybridized carbons (Fsp3) is 0.548. The Bertz CT molecular complexity index is 2450. The third kappa shape index (κ3) is 15.1. The molecule has 78 heavy (non-hydrogen) atoms. The highest BCUT2D eigenvalue weighted by Crippen LogP contribution is 2.30. The lowest BCUT2D eigenvalue weighted by Crippen LogP contribution is -2.63. The predicted molar refractivity (Wildman–Crippen MR) is 307 cm³/mol. The van der Waals surface area contributed by atoms with Crippen LogP contribution in [0.5, 0.6) is 0 Å². The van der Waals surface area contributed by atoms with E-state index in [9.17, 15) is 28.8 Å². The van der Waals surface area contributed by atoms with Crippen molar-refractivity contribution in [3.05, 3.63) is 119 Å². The fourth-order valence-corrected chi connectivity index (χ4v) is 12.1. The molecule has 0 aromatic heterocycles. The summed E-state index contributed by atoms with van der Waals surface area (Å²) in [6, 6.07) is 28.6. The van der Waals surface area contributed by atoms with E-state index >= 15 is 0 Å². The number of hydrogen-bond donors (Lipinski definition) is 6. The van der Waals surface area contributed by atoms with Gasteiger partial charge in [0.1, 0.15) is 12.1 Å². The third-order valence-electron chi connectivity index (χ3n) is 17.1. The zero-order chi connectivity index (χ0) is 55.0.